The molecule has 0 rings (SSSR count). The molecule has 1 amide bonds. The molecule has 15 heavy (non-hydrogen) atoms. The zero-order valence-corrected chi connectivity index (χ0v) is 9.16. The summed E-state index contributed by atoms with van der Waals surface area (Å²) in [4.78, 5) is 21.5. The van der Waals surface area contributed by atoms with Crippen LogP contribution in [0.5, 0.6) is 0 Å². The number of hydrogen-bond donors (Lipinski definition) is 3. The molecular weight excluding hydrogens is 196 g/mol. The van der Waals surface area contributed by atoms with Gasteiger partial charge in [-0.1, -0.05) is 19.8 Å². The maximum absolute atomic E-state index is 11.2. The van der Waals surface area contributed by atoms with Gasteiger partial charge in [-0.05, 0) is 12.8 Å². The molecule has 88 valence electrons. The van der Waals surface area contributed by atoms with Gasteiger partial charge in [0.2, 0.25) is 5.91 Å². The number of hydrogen-bond acceptors (Lipinski definition) is 3. The molecule has 0 spiro atoms. The van der Waals surface area contributed by atoms with Crippen LogP contribution >= 0.6 is 0 Å². The van der Waals surface area contributed by atoms with Gasteiger partial charge in [-0.3, -0.25) is 9.59 Å². The van der Waals surface area contributed by atoms with Crippen molar-refractivity contribution < 1.29 is 14.7 Å². The van der Waals surface area contributed by atoms with Crippen molar-refractivity contribution in [2.24, 2.45) is 5.73 Å². The Morgan fingerprint density at radius 3 is 2.60 bits per heavy atom. The molecule has 5 nitrogen and oxygen atoms in total. The van der Waals surface area contributed by atoms with E-state index in [-0.39, 0.29) is 18.7 Å². The van der Waals surface area contributed by atoms with E-state index in [1.165, 1.54) is 0 Å². The van der Waals surface area contributed by atoms with E-state index in [2.05, 4.69) is 12.2 Å². The van der Waals surface area contributed by atoms with Crippen LogP contribution in [0.15, 0.2) is 0 Å². The summed E-state index contributed by atoms with van der Waals surface area (Å²) in [7, 11) is 0. The Labute approximate surface area is 90.0 Å². The smallest absolute Gasteiger partial charge is 0.320 e. The third-order valence-corrected chi connectivity index (χ3v) is 2.10. The summed E-state index contributed by atoms with van der Waals surface area (Å²) in [6.45, 7) is 2.75. The largest absolute Gasteiger partial charge is 0.480 e. The van der Waals surface area contributed by atoms with E-state index in [1.807, 2.05) is 0 Å². The van der Waals surface area contributed by atoms with E-state index >= 15 is 0 Å². The highest BCUT2D eigenvalue weighted by molar-refractivity contribution is 5.78. The first-order valence-electron chi connectivity index (χ1n) is 5.33. The van der Waals surface area contributed by atoms with Crippen LogP contribution < -0.4 is 11.1 Å². The number of carbonyl (C=O) groups excluding carboxylic acids is 1. The standard InChI is InChI=1S/C10H20N2O3/c1-2-3-4-7-12-9(13)6-5-8(11)10(14)15/h8H,2-7,11H2,1H3,(H,12,13)(H,14,15). The van der Waals surface area contributed by atoms with Gasteiger partial charge in [0.05, 0.1) is 0 Å². The van der Waals surface area contributed by atoms with Gasteiger partial charge in [0.1, 0.15) is 6.04 Å². The third kappa shape index (κ3) is 7.93. The van der Waals surface area contributed by atoms with Gasteiger partial charge in [-0.2, -0.15) is 0 Å². The second-order valence-electron chi connectivity index (χ2n) is 3.54. The van der Waals surface area contributed by atoms with E-state index in [1.54, 1.807) is 0 Å². The summed E-state index contributed by atoms with van der Waals surface area (Å²) in [6.07, 6.45) is 3.54. The fourth-order valence-electron chi connectivity index (χ4n) is 1.10. The Bertz CT molecular complexity index is 207. The van der Waals surface area contributed by atoms with Crippen LogP contribution in [0.25, 0.3) is 0 Å². The van der Waals surface area contributed by atoms with Gasteiger partial charge >= 0.3 is 5.97 Å². The van der Waals surface area contributed by atoms with Gasteiger partial charge in [0.25, 0.3) is 0 Å². The summed E-state index contributed by atoms with van der Waals surface area (Å²) in [5, 5.41) is 11.2. The monoisotopic (exact) mass is 216 g/mol. The summed E-state index contributed by atoms with van der Waals surface area (Å²) >= 11 is 0. The molecule has 0 saturated carbocycles. The van der Waals surface area contributed by atoms with Gasteiger partial charge in [0, 0.05) is 13.0 Å². The lowest BCUT2D eigenvalue weighted by Crippen LogP contribution is -2.32. The lowest BCUT2D eigenvalue weighted by molar-refractivity contribution is -0.138. The molecule has 0 heterocycles. The van der Waals surface area contributed by atoms with Crippen molar-refractivity contribution in [3.05, 3.63) is 0 Å². The van der Waals surface area contributed by atoms with Crippen molar-refractivity contribution in [2.75, 3.05) is 6.54 Å². The molecule has 0 aliphatic heterocycles. The van der Waals surface area contributed by atoms with Crippen LogP contribution in [0.3, 0.4) is 0 Å². The van der Waals surface area contributed by atoms with Crippen LogP contribution in [0.2, 0.25) is 0 Å². The number of unbranched alkanes of at least 4 members (excludes halogenated alkanes) is 2. The Balaban J connectivity index is 3.45. The molecule has 5 heteroatoms. The Hall–Kier alpha value is -1.10. The lowest BCUT2D eigenvalue weighted by Gasteiger charge is -2.06. The normalized spacial score (nSPS) is 12.1. The predicted molar refractivity (Wildman–Crippen MR) is 57.4 cm³/mol. The minimum absolute atomic E-state index is 0.122. The van der Waals surface area contributed by atoms with Crippen LogP contribution in [0.4, 0.5) is 0 Å². The molecule has 0 saturated heterocycles. The number of nitrogens with one attached hydrogen (secondary N) is 1. The minimum Gasteiger partial charge on any atom is -0.480 e. The number of amides is 1. The summed E-state index contributed by atoms with van der Waals surface area (Å²) < 4.78 is 0. The highest BCUT2D eigenvalue weighted by Crippen LogP contribution is 1.96. The van der Waals surface area contributed by atoms with Crippen molar-refractivity contribution in [2.45, 2.75) is 45.1 Å². The third-order valence-electron chi connectivity index (χ3n) is 2.10. The summed E-state index contributed by atoms with van der Waals surface area (Å²) in [6, 6.07) is -0.939. The van der Waals surface area contributed by atoms with Crippen LogP contribution in [0.1, 0.15) is 39.0 Å². The SMILES string of the molecule is CCCCCNC(=O)CCC(N)C(=O)O. The fourth-order valence-corrected chi connectivity index (χ4v) is 1.10. The first kappa shape index (κ1) is 13.9. The number of rotatable bonds is 8. The van der Waals surface area contributed by atoms with Gasteiger partial charge in [-0.25, -0.2) is 0 Å². The Morgan fingerprint density at radius 1 is 1.40 bits per heavy atom. The predicted octanol–water partition coefficient (Wildman–Crippen LogP) is 0.485. The van der Waals surface area contributed by atoms with Crippen molar-refractivity contribution in [3.63, 3.8) is 0 Å². The topological polar surface area (TPSA) is 92.4 Å². The second kappa shape index (κ2) is 8.23. The zero-order chi connectivity index (χ0) is 11.7. The van der Waals surface area contributed by atoms with Gasteiger partial charge < -0.3 is 16.2 Å². The molecule has 1 unspecified atom stereocenters. The molecule has 0 bridgehead atoms. The highest BCUT2D eigenvalue weighted by atomic mass is 16.4. The first-order chi connectivity index (χ1) is 7.07. The summed E-state index contributed by atoms with van der Waals surface area (Å²) in [5.41, 5.74) is 5.26. The minimum atomic E-state index is -1.06. The molecule has 1 atom stereocenters. The lowest BCUT2D eigenvalue weighted by atomic mass is 10.1. The average molecular weight is 216 g/mol. The molecule has 0 aromatic rings. The molecule has 0 aromatic carbocycles. The van der Waals surface area contributed by atoms with E-state index in [0.29, 0.717) is 6.54 Å². The highest BCUT2D eigenvalue weighted by Gasteiger charge is 2.12. The molecule has 0 fully saturated rings. The van der Waals surface area contributed by atoms with E-state index in [4.69, 9.17) is 10.8 Å². The molecular formula is C10H20N2O3. The first-order valence-corrected chi connectivity index (χ1v) is 5.33. The van der Waals surface area contributed by atoms with Crippen molar-refractivity contribution >= 4 is 11.9 Å². The van der Waals surface area contributed by atoms with E-state index in [9.17, 15) is 9.59 Å². The maximum Gasteiger partial charge on any atom is 0.320 e. The van der Waals surface area contributed by atoms with Crippen molar-refractivity contribution in [1.29, 1.82) is 0 Å². The van der Waals surface area contributed by atoms with E-state index < -0.39 is 12.0 Å². The van der Waals surface area contributed by atoms with Crippen LogP contribution in [0, 0.1) is 0 Å². The molecule has 0 radical (unpaired) electrons. The number of aliphatic carboxylic acids is 1. The Morgan fingerprint density at radius 2 is 2.07 bits per heavy atom. The average Bonchev–Trinajstić information content (AvgIpc) is 2.20. The number of carboxylic acids is 1. The Kier molecular flexibility index (Phi) is 7.62. The summed E-state index contributed by atoms with van der Waals surface area (Å²) in [5.74, 6) is -1.18. The number of carboxylic acid groups (broad SMARTS) is 1. The van der Waals surface area contributed by atoms with Crippen LogP contribution in [-0.4, -0.2) is 29.6 Å². The van der Waals surface area contributed by atoms with E-state index in [0.717, 1.165) is 19.3 Å². The second-order valence-corrected chi connectivity index (χ2v) is 3.54. The molecule has 0 aliphatic carbocycles. The number of nitrogens with two attached hydrogens (primary N) is 1. The van der Waals surface area contributed by atoms with Gasteiger partial charge in [-0.15, -0.1) is 0 Å². The molecule has 0 aromatic heterocycles. The number of carbonyl (C=O) groups is 2. The van der Waals surface area contributed by atoms with Gasteiger partial charge in [0.15, 0.2) is 0 Å². The molecule has 4 N–H and O–H groups in total. The van der Waals surface area contributed by atoms with Crippen molar-refractivity contribution in [1.82, 2.24) is 5.32 Å². The maximum atomic E-state index is 11.2. The van der Waals surface area contributed by atoms with Crippen LogP contribution in [-0.2, 0) is 9.59 Å². The fraction of sp³-hybridized carbons (Fsp3) is 0.800. The van der Waals surface area contributed by atoms with Crippen molar-refractivity contribution in [3.8, 4) is 0 Å². The molecule has 0 aliphatic rings. The quantitative estimate of drug-likeness (QED) is 0.515. The zero-order valence-electron chi connectivity index (χ0n) is 9.16.